The summed E-state index contributed by atoms with van der Waals surface area (Å²) in [7, 11) is -1.69. The van der Waals surface area contributed by atoms with Crippen molar-refractivity contribution >= 4 is 26.7 Å². The van der Waals surface area contributed by atoms with Crippen molar-refractivity contribution < 1.29 is 8.42 Å². The molecule has 8 heteroatoms. The van der Waals surface area contributed by atoms with E-state index in [2.05, 4.69) is 14.6 Å². The van der Waals surface area contributed by atoms with Gasteiger partial charge in [0, 0.05) is 44.5 Å². The molecule has 2 fully saturated rings. The Bertz CT molecular complexity index is 620. The van der Waals surface area contributed by atoms with Gasteiger partial charge in [-0.3, -0.25) is 0 Å². The van der Waals surface area contributed by atoms with Crippen molar-refractivity contribution in [3.05, 3.63) is 11.1 Å². The molecule has 2 heterocycles. The molecule has 24 heavy (non-hydrogen) atoms. The maximum Gasteiger partial charge on any atom is 0.279 e. The van der Waals surface area contributed by atoms with Crippen LogP contribution in [0, 0.1) is 0 Å². The molecule has 0 radical (unpaired) electrons. The summed E-state index contributed by atoms with van der Waals surface area (Å²) in [4.78, 5) is 6.96. The highest BCUT2D eigenvalue weighted by Crippen LogP contribution is 2.25. The Labute approximate surface area is 149 Å². The van der Waals surface area contributed by atoms with Crippen LogP contribution in [0.15, 0.2) is 5.38 Å². The maximum atomic E-state index is 12.4. The maximum absolute atomic E-state index is 12.4. The lowest BCUT2D eigenvalue weighted by molar-refractivity contribution is 0.283. The van der Waals surface area contributed by atoms with Crippen molar-refractivity contribution in [2.45, 2.75) is 57.4 Å². The Hall–Kier alpha value is -0.700. The van der Waals surface area contributed by atoms with E-state index in [1.165, 1.54) is 23.6 Å². The van der Waals surface area contributed by atoms with Gasteiger partial charge >= 0.3 is 0 Å². The molecule has 0 aromatic carbocycles. The number of hydrogen-bond acceptors (Lipinski definition) is 5. The largest absolute Gasteiger partial charge is 0.348 e. The fourth-order valence-corrected chi connectivity index (χ4v) is 5.60. The van der Waals surface area contributed by atoms with Crippen molar-refractivity contribution in [3.63, 3.8) is 0 Å². The van der Waals surface area contributed by atoms with Gasteiger partial charge in [-0.15, -0.1) is 11.3 Å². The van der Waals surface area contributed by atoms with Crippen molar-refractivity contribution in [3.8, 4) is 0 Å². The molecule has 1 aromatic heterocycles. The Morgan fingerprint density at radius 3 is 2.67 bits per heavy atom. The van der Waals surface area contributed by atoms with Crippen LogP contribution in [0.4, 0.5) is 5.13 Å². The van der Waals surface area contributed by atoms with Crippen LogP contribution >= 0.6 is 11.3 Å². The molecule has 3 rings (SSSR count). The van der Waals surface area contributed by atoms with Crippen LogP contribution in [-0.4, -0.2) is 50.4 Å². The van der Waals surface area contributed by atoms with Crippen molar-refractivity contribution in [1.82, 2.24) is 14.0 Å². The van der Waals surface area contributed by atoms with Crippen LogP contribution in [0.1, 0.15) is 50.6 Å². The second-order valence-corrected chi connectivity index (χ2v) is 9.42. The van der Waals surface area contributed by atoms with Gasteiger partial charge in [-0.25, -0.2) is 9.71 Å². The minimum atomic E-state index is -3.39. The molecule has 1 aliphatic heterocycles. The molecular formula is C16H28N4O2S2. The van der Waals surface area contributed by atoms with Gasteiger partial charge in [0.15, 0.2) is 5.13 Å². The number of nitrogens with zero attached hydrogens (tertiary/aromatic N) is 3. The average molecular weight is 373 g/mol. The number of thiazole rings is 1. The zero-order valence-electron chi connectivity index (χ0n) is 14.4. The second-order valence-electron chi connectivity index (χ2n) is 6.77. The second kappa shape index (κ2) is 8.12. The number of anilines is 1. The van der Waals surface area contributed by atoms with Gasteiger partial charge in [0.2, 0.25) is 0 Å². The zero-order valence-corrected chi connectivity index (χ0v) is 16.0. The highest BCUT2D eigenvalue weighted by molar-refractivity contribution is 7.87. The highest BCUT2D eigenvalue weighted by atomic mass is 32.2. The molecule has 0 unspecified atom stereocenters. The third kappa shape index (κ3) is 4.47. The summed E-state index contributed by atoms with van der Waals surface area (Å²) < 4.78 is 29.1. The van der Waals surface area contributed by atoms with Gasteiger partial charge in [0.05, 0.1) is 5.69 Å². The summed E-state index contributed by atoms with van der Waals surface area (Å²) in [5, 5.41) is 3.12. The Morgan fingerprint density at radius 2 is 1.96 bits per heavy atom. The Balaban J connectivity index is 1.48. The number of nitrogens with one attached hydrogen (secondary N) is 1. The molecule has 1 saturated heterocycles. The quantitative estimate of drug-likeness (QED) is 0.798. The predicted octanol–water partition coefficient (Wildman–Crippen LogP) is 2.38. The summed E-state index contributed by atoms with van der Waals surface area (Å²) in [5.41, 5.74) is 0.977. The van der Waals surface area contributed by atoms with Gasteiger partial charge in [0.1, 0.15) is 0 Å². The monoisotopic (exact) mass is 372 g/mol. The molecule has 0 spiro atoms. The number of rotatable bonds is 7. The third-order valence-corrected chi connectivity index (χ3v) is 7.63. The van der Waals surface area contributed by atoms with Crippen molar-refractivity contribution in [2.75, 3.05) is 31.6 Å². The van der Waals surface area contributed by atoms with Crippen LogP contribution in [0.2, 0.25) is 0 Å². The van der Waals surface area contributed by atoms with E-state index in [9.17, 15) is 8.42 Å². The smallest absolute Gasteiger partial charge is 0.279 e. The standard InChI is InChI=1S/C16H28N4O2S2/c1-19(15-7-3-2-4-8-15)24(21,22)17-10-9-14-13-23-16(18-14)20-11-5-6-12-20/h13,15,17H,2-12H2,1H3. The lowest BCUT2D eigenvalue weighted by Crippen LogP contribution is -2.45. The van der Waals surface area contributed by atoms with Crippen LogP contribution in [0.3, 0.4) is 0 Å². The first-order valence-corrected chi connectivity index (χ1v) is 11.3. The van der Waals surface area contributed by atoms with Crippen molar-refractivity contribution in [2.24, 2.45) is 0 Å². The number of hydrogen-bond donors (Lipinski definition) is 1. The van der Waals surface area contributed by atoms with E-state index in [-0.39, 0.29) is 6.04 Å². The van der Waals surface area contributed by atoms with Gasteiger partial charge in [-0.1, -0.05) is 19.3 Å². The van der Waals surface area contributed by atoms with Crippen molar-refractivity contribution in [1.29, 1.82) is 0 Å². The first-order valence-electron chi connectivity index (χ1n) is 8.98. The van der Waals surface area contributed by atoms with E-state index in [1.54, 1.807) is 18.4 Å². The van der Waals surface area contributed by atoms with Gasteiger partial charge in [0.25, 0.3) is 10.2 Å². The summed E-state index contributed by atoms with van der Waals surface area (Å²) in [6, 6.07) is 0.150. The molecule has 2 aliphatic rings. The van der Waals surface area contributed by atoms with Gasteiger partial charge < -0.3 is 4.90 Å². The van der Waals surface area contributed by atoms with E-state index in [0.717, 1.165) is 49.6 Å². The molecule has 1 aliphatic carbocycles. The first kappa shape index (κ1) is 18.1. The molecular weight excluding hydrogens is 344 g/mol. The van der Waals surface area contributed by atoms with E-state index in [0.29, 0.717) is 13.0 Å². The summed E-state index contributed by atoms with van der Waals surface area (Å²) in [6.45, 7) is 2.58. The predicted molar refractivity (Wildman–Crippen MR) is 98.8 cm³/mol. The first-order chi connectivity index (χ1) is 11.6. The number of aromatic nitrogens is 1. The normalized spacial score (nSPS) is 20.2. The molecule has 6 nitrogen and oxygen atoms in total. The molecule has 0 atom stereocenters. The molecule has 0 amide bonds. The summed E-state index contributed by atoms with van der Waals surface area (Å²) in [5.74, 6) is 0. The molecule has 1 saturated carbocycles. The summed E-state index contributed by atoms with van der Waals surface area (Å²) in [6.07, 6.45) is 8.55. The minimum Gasteiger partial charge on any atom is -0.348 e. The molecule has 136 valence electrons. The van der Waals surface area contributed by atoms with Crippen LogP contribution in [0.5, 0.6) is 0 Å². The Kier molecular flexibility index (Phi) is 6.12. The van der Waals surface area contributed by atoms with Gasteiger partial charge in [-0.2, -0.15) is 12.7 Å². The molecule has 1 aromatic rings. The lowest BCUT2D eigenvalue weighted by atomic mass is 9.96. The Morgan fingerprint density at radius 1 is 1.25 bits per heavy atom. The van der Waals surface area contributed by atoms with E-state index >= 15 is 0 Å². The van der Waals surface area contributed by atoms with Gasteiger partial charge in [-0.05, 0) is 25.7 Å². The third-order valence-electron chi connectivity index (χ3n) is 5.05. The average Bonchev–Trinajstić information content (AvgIpc) is 3.26. The van der Waals surface area contributed by atoms with Crippen LogP contribution < -0.4 is 9.62 Å². The van der Waals surface area contributed by atoms with Crippen LogP contribution in [0.25, 0.3) is 0 Å². The van der Waals surface area contributed by atoms with Crippen LogP contribution in [-0.2, 0) is 16.6 Å². The van der Waals surface area contributed by atoms with E-state index in [4.69, 9.17) is 0 Å². The summed E-state index contributed by atoms with van der Waals surface area (Å²) >= 11 is 1.66. The van der Waals surface area contributed by atoms with E-state index in [1.807, 2.05) is 5.38 Å². The lowest BCUT2D eigenvalue weighted by Gasteiger charge is -2.30. The fraction of sp³-hybridized carbons (Fsp3) is 0.812. The topological polar surface area (TPSA) is 65.5 Å². The molecule has 0 bridgehead atoms. The fourth-order valence-electron chi connectivity index (χ4n) is 3.52. The van der Waals surface area contributed by atoms with E-state index < -0.39 is 10.2 Å². The highest BCUT2D eigenvalue weighted by Gasteiger charge is 2.27. The molecule has 1 N–H and O–H groups in total. The zero-order chi connectivity index (χ0) is 17.0. The minimum absolute atomic E-state index is 0.150. The SMILES string of the molecule is CN(C1CCCCC1)S(=O)(=O)NCCc1csc(N2CCCC2)n1.